The first kappa shape index (κ1) is 11.7. The third-order valence-electron chi connectivity index (χ3n) is 2.04. The summed E-state index contributed by atoms with van der Waals surface area (Å²) in [4.78, 5) is 0. The van der Waals surface area contributed by atoms with Crippen molar-refractivity contribution in [2.45, 2.75) is 13.0 Å². The minimum absolute atomic E-state index is 0.0803. The minimum Gasteiger partial charge on any atom is -0.493 e. The van der Waals surface area contributed by atoms with E-state index in [4.69, 9.17) is 15.2 Å². The van der Waals surface area contributed by atoms with E-state index in [1.807, 2.05) is 0 Å². The van der Waals surface area contributed by atoms with Crippen LogP contribution in [0.15, 0.2) is 6.07 Å². The molecule has 15 heavy (non-hydrogen) atoms. The van der Waals surface area contributed by atoms with Gasteiger partial charge in [0, 0.05) is 12.1 Å². The first-order valence-electron chi connectivity index (χ1n) is 4.38. The van der Waals surface area contributed by atoms with Crippen molar-refractivity contribution < 1.29 is 18.3 Å². The van der Waals surface area contributed by atoms with Gasteiger partial charge >= 0.3 is 0 Å². The van der Waals surface area contributed by atoms with Gasteiger partial charge in [0.05, 0.1) is 19.8 Å². The van der Waals surface area contributed by atoms with Gasteiger partial charge in [-0.3, -0.25) is 0 Å². The molecule has 1 rings (SSSR count). The van der Waals surface area contributed by atoms with Crippen LogP contribution in [0.25, 0.3) is 0 Å². The average molecular weight is 217 g/mol. The van der Waals surface area contributed by atoms with Gasteiger partial charge < -0.3 is 15.2 Å². The fourth-order valence-electron chi connectivity index (χ4n) is 1.43. The van der Waals surface area contributed by atoms with E-state index < -0.39 is 17.7 Å². The van der Waals surface area contributed by atoms with Crippen molar-refractivity contribution in [3.8, 4) is 11.5 Å². The molecule has 0 bridgehead atoms. The lowest BCUT2D eigenvalue weighted by Crippen LogP contribution is -2.11. The molecular formula is C10H13F2NO2. The number of benzene rings is 1. The Morgan fingerprint density at radius 2 is 1.53 bits per heavy atom. The van der Waals surface area contributed by atoms with Gasteiger partial charge in [-0.15, -0.1) is 0 Å². The summed E-state index contributed by atoms with van der Waals surface area (Å²) in [5.41, 5.74) is 5.80. The number of halogens is 2. The zero-order valence-corrected chi connectivity index (χ0v) is 8.80. The van der Waals surface area contributed by atoms with E-state index in [9.17, 15) is 8.78 Å². The van der Waals surface area contributed by atoms with Crippen molar-refractivity contribution in [2.24, 2.45) is 5.73 Å². The second kappa shape index (κ2) is 4.44. The predicted octanol–water partition coefficient (Wildman–Crippen LogP) is 2.00. The number of rotatable bonds is 3. The van der Waals surface area contributed by atoms with Crippen LogP contribution < -0.4 is 15.2 Å². The molecule has 1 aromatic rings. The zero-order valence-electron chi connectivity index (χ0n) is 8.80. The summed E-state index contributed by atoms with van der Waals surface area (Å²) < 4.78 is 36.3. The predicted molar refractivity (Wildman–Crippen MR) is 52.1 cm³/mol. The highest BCUT2D eigenvalue weighted by atomic mass is 19.1. The van der Waals surface area contributed by atoms with E-state index in [0.717, 1.165) is 0 Å². The van der Waals surface area contributed by atoms with Crippen molar-refractivity contribution in [3.05, 3.63) is 23.3 Å². The van der Waals surface area contributed by atoms with Gasteiger partial charge in [0.15, 0.2) is 23.1 Å². The van der Waals surface area contributed by atoms with Crippen LogP contribution in [0, 0.1) is 11.6 Å². The van der Waals surface area contributed by atoms with Crippen LogP contribution in [0.1, 0.15) is 18.5 Å². The van der Waals surface area contributed by atoms with E-state index in [1.54, 1.807) is 6.92 Å². The molecule has 0 heterocycles. The molecule has 0 saturated heterocycles. The fraction of sp³-hybridized carbons (Fsp3) is 0.400. The molecule has 5 heteroatoms. The summed E-state index contributed by atoms with van der Waals surface area (Å²) in [6.45, 7) is 1.60. The summed E-state index contributed by atoms with van der Waals surface area (Å²) in [6, 6.07) is 0.129. The molecule has 0 aromatic heterocycles. The molecule has 2 N–H and O–H groups in total. The second-order valence-corrected chi connectivity index (χ2v) is 3.11. The van der Waals surface area contributed by atoms with Crippen LogP contribution in [0.5, 0.6) is 11.5 Å². The van der Waals surface area contributed by atoms with Crippen molar-refractivity contribution in [1.82, 2.24) is 0 Å². The topological polar surface area (TPSA) is 44.5 Å². The number of hydrogen-bond acceptors (Lipinski definition) is 3. The molecule has 0 spiro atoms. The van der Waals surface area contributed by atoms with Gasteiger partial charge in [-0.2, -0.15) is 0 Å². The first-order valence-corrected chi connectivity index (χ1v) is 4.38. The molecule has 1 atom stereocenters. The summed E-state index contributed by atoms with van der Waals surface area (Å²) in [5, 5.41) is 0. The summed E-state index contributed by atoms with van der Waals surface area (Å²) >= 11 is 0. The van der Waals surface area contributed by atoms with Crippen molar-refractivity contribution >= 4 is 0 Å². The minimum atomic E-state index is -0.789. The fourth-order valence-corrected chi connectivity index (χ4v) is 1.43. The van der Waals surface area contributed by atoms with Crippen LogP contribution >= 0.6 is 0 Å². The quantitative estimate of drug-likeness (QED) is 0.842. The maximum absolute atomic E-state index is 13.3. The Bertz CT molecular complexity index is 339. The molecule has 1 aromatic carbocycles. The number of ether oxygens (including phenoxy) is 2. The molecule has 0 amide bonds. The van der Waals surface area contributed by atoms with Gasteiger partial charge in [0.2, 0.25) is 0 Å². The standard InChI is InChI=1S/C10H13F2NO2/c1-5(13)8-9(14-2)6(11)4-7(12)10(8)15-3/h4-5H,13H2,1-3H3. The van der Waals surface area contributed by atoms with Gasteiger partial charge in [-0.05, 0) is 6.92 Å². The third kappa shape index (κ3) is 2.02. The van der Waals surface area contributed by atoms with E-state index in [1.165, 1.54) is 14.2 Å². The van der Waals surface area contributed by atoms with Crippen LogP contribution in [0.4, 0.5) is 8.78 Å². The third-order valence-corrected chi connectivity index (χ3v) is 2.04. The highest BCUT2D eigenvalue weighted by Gasteiger charge is 2.22. The smallest absolute Gasteiger partial charge is 0.168 e. The Morgan fingerprint density at radius 3 is 1.80 bits per heavy atom. The van der Waals surface area contributed by atoms with Crippen LogP contribution in [0.2, 0.25) is 0 Å². The Labute approximate surface area is 86.8 Å². The molecule has 0 aliphatic heterocycles. The highest BCUT2D eigenvalue weighted by molar-refractivity contribution is 5.48. The maximum Gasteiger partial charge on any atom is 0.168 e. The van der Waals surface area contributed by atoms with E-state index in [0.29, 0.717) is 6.07 Å². The van der Waals surface area contributed by atoms with Gasteiger partial charge in [0.25, 0.3) is 0 Å². The zero-order chi connectivity index (χ0) is 11.6. The highest BCUT2D eigenvalue weighted by Crippen LogP contribution is 2.37. The average Bonchev–Trinajstić information content (AvgIpc) is 2.16. The first-order chi connectivity index (χ1) is 7.02. The SMILES string of the molecule is COc1c(F)cc(F)c(OC)c1C(C)N. The Balaban J connectivity index is 3.51. The molecule has 0 aliphatic carbocycles. The van der Waals surface area contributed by atoms with Gasteiger partial charge in [-0.25, -0.2) is 8.78 Å². The van der Waals surface area contributed by atoms with Crippen LogP contribution in [-0.4, -0.2) is 14.2 Å². The largest absolute Gasteiger partial charge is 0.493 e. The summed E-state index contributed by atoms with van der Waals surface area (Å²) in [6.07, 6.45) is 0. The lowest BCUT2D eigenvalue weighted by molar-refractivity contribution is 0.345. The molecule has 0 aliphatic rings. The van der Waals surface area contributed by atoms with E-state index in [-0.39, 0.29) is 17.1 Å². The monoisotopic (exact) mass is 217 g/mol. The van der Waals surface area contributed by atoms with Crippen LogP contribution in [-0.2, 0) is 0 Å². The summed E-state index contributed by atoms with van der Waals surface area (Å²) in [5.74, 6) is -1.74. The molecule has 0 saturated carbocycles. The normalized spacial score (nSPS) is 12.4. The van der Waals surface area contributed by atoms with E-state index >= 15 is 0 Å². The lowest BCUT2D eigenvalue weighted by Gasteiger charge is -2.16. The van der Waals surface area contributed by atoms with Gasteiger partial charge in [-0.1, -0.05) is 0 Å². The number of methoxy groups -OCH3 is 2. The van der Waals surface area contributed by atoms with Crippen molar-refractivity contribution in [3.63, 3.8) is 0 Å². The number of nitrogens with two attached hydrogens (primary N) is 1. The van der Waals surface area contributed by atoms with Crippen molar-refractivity contribution in [1.29, 1.82) is 0 Å². The molecule has 3 nitrogen and oxygen atoms in total. The Kier molecular flexibility index (Phi) is 3.47. The van der Waals surface area contributed by atoms with Gasteiger partial charge in [0.1, 0.15) is 0 Å². The van der Waals surface area contributed by atoms with Crippen LogP contribution in [0.3, 0.4) is 0 Å². The Morgan fingerprint density at radius 1 is 1.13 bits per heavy atom. The maximum atomic E-state index is 13.3. The molecule has 84 valence electrons. The molecule has 0 fully saturated rings. The lowest BCUT2D eigenvalue weighted by atomic mass is 10.1. The molecule has 1 unspecified atom stereocenters. The van der Waals surface area contributed by atoms with E-state index in [2.05, 4.69) is 0 Å². The molecule has 0 radical (unpaired) electrons. The Hall–Kier alpha value is -1.36. The molecular weight excluding hydrogens is 204 g/mol. The second-order valence-electron chi connectivity index (χ2n) is 3.11. The number of hydrogen-bond donors (Lipinski definition) is 1. The summed E-state index contributed by atoms with van der Waals surface area (Å²) in [7, 11) is 2.59. The van der Waals surface area contributed by atoms with Crippen molar-refractivity contribution in [2.75, 3.05) is 14.2 Å².